The minimum Gasteiger partial charge on any atom is -0.324 e. The van der Waals surface area contributed by atoms with Gasteiger partial charge >= 0.3 is 0 Å². The van der Waals surface area contributed by atoms with E-state index < -0.39 is 15.9 Å². The molecule has 0 spiro atoms. The summed E-state index contributed by atoms with van der Waals surface area (Å²) in [6, 6.07) is 12.9. The Labute approximate surface area is 165 Å². The Morgan fingerprint density at radius 2 is 1.71 bits per heavy atom. The number of hydrogen-bond donors (Lipinski definition) is 1. The molecule has 0 fully saturated rings. The van der Waals surface area contributed by atoms with Gasteiger partial charge in [0, 0.05) is 17.3 Å². The van der Waals surface area contributed by atoms with Crippen molar-refractivity contribution in [3.05, 3.63) is 65.4 Å². The molecule has 0 aliphatic heterocycles. The van der Waals surface area contributed by atoms with Crippen LogP contribution in [0.1, 0.15) is 16.7 Å². The second-order valence-corrected chi connectivity index (χ2v) is 8.85. The number of benzene rings is 2. The monoisotopic (exact) mass is 397 g/mol. The first-order valence-corrected chi connectivity index (χ1v) is 10.7. The SMILES string of the molecule is Cc1cc(C)c(NC(=O)CN(c2cccc3cccnc23)S(C)(=O)=O)c(C)c1. The molecule has 0 aliphatic rings. The molecule has 1 heterocycles. The number of carbonyl (C=O) groups excluding carboxylic acids is 1. The zero-order valence-corrected chi connectivity index (χ0v) is 17.2. The lowest BCUT2D eigenvalue weighted by Gasteiger charge is -2.23. The fourth-order valence-corrected chi connectivity index (χ4v) is 4.21. The summed E-state index contributed by atoms with van der Waals surface area (Å²) in [6.07, 6.45) is 2.69. The summed E-state index contributed by atoms with van der Waals surface area (Å²) in [5.74, 6) is -0.409. The highest BCUT2D eigenvalue weighted by atomic mass is 32.2. The summed E-state index contributed by atoms with van der Waals surface area (Å²) in [6.45, 7) is 5.49. The highest BCUT2D eigenvalue weighted by molar-refractivity contribution is 7.92. The maximum absolute atomic E-state index is 12.7. The molecule has 7 heteroatoms. The molecule has 1 amide bonds. The third-order valence-electron chi connectivity index (χ3n) is 4.51. The predicted molar refractivity (Wildman–Crippen MR) is 113 cm³/mol. The van der Waals surface area contributed by atoms with Crippen molar-refractivity contribution < 1.29 is 13.2 Å². The Bertz CT molecular complexity index is 1130. The van der Waals surface area contributed by atoms with Crippen molar-refractivity contribution in [3.8, 4) is 0 Å². The van der Waals surface area contributed by atoms with Gasteiger partial charge in [-0.2, -0.15) is 0 Å². The van der Waals surface area contributed by atoms with Crippen LogP contribution in [0.2, 0.25) is 0 Å². The summed E-state index contributed by atoms with van der Waals surface area (Å²) < 4.78 is 26.0. The Morgan fingerprint density at radius 1 is 1.07 bits per heavy atom. The standard InChI is InChI=1S/C21H23N3O3S/c1-14-11-15(2)20(16(3)12-14)23-19(25)13-24(28(4,26)27)18-9-5-7-17-8-6-10-22-21(17)18/h5-12H,13H2,1-4H3,(H,23,25). The normalized spacial score (nSPS) is 11.4. The van der Waals surface area contributed by atoms with Gasteiger partial charge in [0.15, 0.2) is 0 Å². The molecule has 28 heavy (non-hydrogen) atoms. The van der Waals surface area contributed by atoms with Crippen molar-refractivity contribution in [3.63, 3.8) is 0 Å². The first kappa shape index (κ1) is 19.8. The van der Waals surface area contributed by atoms with E-state index in [0.717, 1.165) is 32.6 Å². The molecule has 0 bridgehead atoms. The van der Waals surface area contributed by atoms with Gasteiger partial charge < -0.3 is 5.32 Å². The molecule has 3 aromatic rings. The van der Waals surface area contributed by atoms with Crippen LogP contribution < -0.4 is 9.62 Å². The van der Waals surface area contributed by atoms with E-state index in [0.29, 0.717) is 16.9 Å². The topological polar surface area (TPSA) is 79.4 Å². The third-order valence-corrected chi connectivity index (χ3v) is 5.64. The fourth-order valence-electron chi connectivity index (χ4n) is 3.36. The fraction of sp³-hybridized carbons (Fsp3) is 0.238. The number of hydrogen-bond acceptors (Lipinski definition) is 4. The number of amides is 1. The van der Waals surface area contributed by atoms with Crippen LogP contribution >= 0.6 is 0 Å². The number of sulfonamides is 1. The quantitative estimate of drug-likeness (QED) is 0.714. The largest absolute Gasteiger partial charge is 0.324 e. The van der Waals surface area contributed by atoms with Crippen molar-refractivity contribution >= 4 is 38.2 Å². The number of para-hydroxylation sites is 1. The first-order chi connectivity index (χ1) is 13.2. The number of pyridine rings is 1. The lowest BCUT2D eigenvalue weighted by atomic mass is 10.1. The lowest BCUT2D eigenvalue weighted by Crippen LogP contribution is -2.37. The van der Waals surface area contributed by atoms with E-state index in [-0.39, 0.29) is 6.54 Å². The number of nitrogens with zero attached hydrogens (tertiary/aromatic N) is 2. The number of nitrogens with one attached hydrogen (secondary N) is 1. The molecule has 0 aliphatic carbocycles. The number of anilines is 2. The highest BCUT2D eigenvalue weighted by Crippen LogP contribution is 2.27. The van der Waals surface area contributed by atoms with Gasteiger partial charge in [0.1, 0.15) is 6.54 Å². The third kappa shape index (κ3) is 4.14. The minimum atomic E-state index is -3.69. The van der Waals surface area contributed by atoms with Gasteiger partial charge in [0.25, 0.3) is 0 Å². The van der Waals surface area contributed by atoms with Gasteiger partial charge in [-0.25, -0.2) is 8.42 Å². The Hall–Kier alpha value is -2.93. The lowest BCUT2D eigenvalue weighted by molar-refractivity contribution is -0.114. The summed E-state index contributed by atoms with van der Waals surface area (Å²) in [5, 5.41) is 3.67. The average Bonchev–Trinajstić information content (AvgIpc) is 2.61. The van der Waals surface area contributed by atoms with Crippen LogP contribution in [-0.4, -0.2) is 32.1 Å². The second kappa shape index (κ2) is 7.59. The van der Waals surface area contributed by atoms with Crippen molar-refractivity contribution in [2.45, 2.75) is 20.8 Å². The van der Waals surface area contributed by atoms with E-state index in [2.05, 4.69) is 10.3 Å². The molecule has 1 N–H and O–H groups in total. The number of carbonyl (C=O) groups is 1. The summed E-state index contributed by atoms with van der Waals surface area (Å²) in [5.41, 5.74) is 4.60. The molecule has 3 rings (SSSR count). The van der Waals surface area contributed by atoms with Crippen molar-refractivity contribution in [1.82, 2.24) is 4.98 Å². The molecule has 146 valence electrons. The molecule has 0 saturated carbocycles. The number of fused-ring (bicyclic) bond motifs is 1. The van der Waals surface area contributed by atoms with Crippen LogP contribution in [0.5, 0.6) is 0 Å². The molecule has 0 unspecified atom stereocenters. The summed E-state index contributed by atoms with van der Waals surface area (Å²) in [7, 11) is -3.69. The number of aryl methyl sites for hydroxylation is 3. The van der Waals surface area contributed by atoms with E-state index in [1.165, 1.54) is 0 Å². The Balaban J connectivity index is 1.95. The number of aromatic nitrogens is 1. The molecule has 0 atom stereocenters. The summed E-state index contributed by atoms with van der Waals surface area (Å²) in [4.78, 5) is 17.0. The van der Waals surface area contributed by atoms with E-state index >= 15 is 0 Å². The first-order valence-electron chi connectivity index (χ1n) is 8.86. The van der Waals surface area contributed by atoms with Crippen LogP contribution in [0.4, 0.5) is 11.4 Å². The van der Waals surface area contributed by atoms with Crippen LogP contribution in [0.15, 0.2) is 48.7 Å². The van der Waals surface area contributed by atoms with Crippen LogP contribution in [-0.2, 0) is 14.8 Å². The van der Waals surface area contributed by atoms with E-state index in [1.54, 1.807) is 24.4 Å². The maximum Gasteiger partial charge on any atom is 0.245 e. The number of rotatable bonds is 5. The molecule has 2 aromatic carbocycles. The van der Waals surface area contributed by atoms with Crippen LogP contribution in [0.3, 0.4) is 0 Å². The van der Waals surface area contributed by atoms with E-state index in [4.69, 9.17) is 0 Å². The van der Waals surface area contributed by atoms with Crippen molar-refractivity contribution in [1.29, 1.82) is 0 Å². The van der Waals surface area contributed by atoms with Gasteiger partial charge in [0.05, 0.1) is 17.5 Å². The zero-order chi connectivity index (χ0) is 20.5. The second-order valence-electron chi connectivity index (χ2n) is 6.94. The Morgan fingerprint density at radius 3 is 2.36 bits per heavy atom. The van der Waals surface area contributed by atoms with Gasteiger partial charge in [-0.3, -0.25) is 14.1 Å². The molecule has 6 nitrogen and oxygen atoms in total. The van der Waals surface area contributed by atoms with Crippen molar-refractivity contribution in [2.75, 3.05) is 22.4 Å². The molecule has 0 radical (unpaired) electrons. The molecular formula is C21H23N3O3S. The minimum absolute atomic E-state index is 0.332. The molecule has 1 aromatic heterocycles. The zero-order valence-electron chi connectivity index (χ0n) is 16.4. The maximum atomic E-state index is 12.7. The Kier molecular flexibility index (Phi) is 5.38. The molecular weight excluding hydrogens is 374 g/mol. The average molecular weight is 398 g/mol. The summed E-state index contributed by atoms with van der Waals surface area (Å²) >= 11 is 0. The van der Waals surface area contributed by atoms with Gasteiger partial charge in [-0.1, -0.05) is 35.9 Å². The van der Waals surface area contributed by atoms with Crippen LogP contribution in [0.25, 0.3) is 10.9 Å². The van der Waals surface area contributed by atoms with E-state index in [1.807, 2.05) is 45.0 Å². The van der Waals surface area contributed by atoms with Gasteiger partial charge in [-0.05, 0) is 44.0 Å². The van der Waals surface area contributed by atoms with Gasteiger partial charge in [0.2, 0.25) is 15.9 Å². The molecule has 0 saturated heterocycles. The van der Waals surface area contributed by atoms with Crippen molar-refractivity contribution in [2.24, 2.45) is 0 Å². The predicted octanol–water partition coefficient (Wildman–Crippen LogP) is 3.56. The van der Waals surface area contributed by atoms with Crippen LogP contribution in [0, 0.1) is 20.8 Å². The smallest absolute Gasteiger partial charge is 0.245 e. The van der Waals surface area contributed by atoms with Gasteiger partial charge in [-0.15, -0.1) is 0 Å². The van der Waals surface area contributed by atoms with E-state index in [9.17, 15) is 13.2 Å². The highest BCUT2D eigenvalue weighted by Gasteiger charge is 2.23.